The number of aromatic nitrogens is 4. The number of nitrogens with one attached hydrogen (secondary N) is 1. The first-order valence-electron chi connectivity index (χ1n) is 9.88. The van der Waals surface area contributed by atoms with Gasteiger partial charge in [0.25, 0.3) is 0 Å². The highest BCUT2D eigenvalue weighted by molar-refractivity contribution is 5.91. The highest BCUT2D eigenvalue weighted by Gasteiger charge is 2.47. The average Bonchev–Trinajstić information content (AvgIpc) is 3.13. The molecule has 3 fully saturated rings. The van der Waals surface area contributed by atoms with E-state index in [9.17, 15) is 18.7 Å². The lowest BCUT2D eigenvalue weighted by Gasteiger charge is -2.46. The zero-order valence-electron chi connectivity index (χ0n) is 15.6. The fourth-order valence-corrected chi connectivity index (χ4v) is 5.31. The van der Waals surface area contributed by atoms with Crippen LogP contribution in [0.2, 0.25) is 0 Å². The lowest BCUT2D eigenvalue weighted by Crippen LogP contribution is -2.45. The zero-order chi connectivity index (χ0) is 20.1. The van der Waals surface area contributed by atoms with Crippen LogP contribution in [-0.4, -0.2) is 31.0 Å². The molecule has 8 heteroatoms. The predicted octanol–water partition coefficient (Wildman–Crippen LogP) is 3.98. The molecule has 29 heavy (non-hydrogen) atoms. The van der Waals surface area contributed by atoms with Crippen LogP contribution in [-0.2, 0) is 11.2 Å². The topological polar surface area (TPSA) is 91.8 Å². The molecule has 0 aromatic carbocycles. The van der Waals surface area contributed by atoms with Crippen LogP contribution in [0.5, 0.6) is 0 Å². The van der Waals surface area contributed by atoms with Crippen LogP contribution in [0.3, 0.4) is 0 Å². The Hall–Kier alpha value is -2.90. The summed E-state index contributed by atoms with van der Waals surface area (Å²) in [5, 5.41) is 10.3. The van der Waals surface area contributed by atoms with Crippen molar-refractivity contribution in [1.82, 2.24) is 19.9 Å². The molecule has 2 N–H and O–H groups in total. The summed E-state index contributed by atoms with van der Waals surface area (Å²) in [5.41, 5.74) is 1.25. The molecule has 0 radical (unpaired) electrons. The van der Waals surface area contributed by atoms with Gasteiger partial charge in [0.15, 0.2) is 11.6 Å². The number of carboxylic acid groups (broad SMARTS) is 1. The molecular weight excluding hydrogens is 378 g/mol. The van der Waals surface area contributed by atoms with E-state index in [1.807, 2.05) is 0 Å². The Balaban J connectivity index is 1.51. The third-order valence-electron chi connectivity index (χ3n) is 6.66. The van der Waals surface area contributed by atoms with Gasteiger partial charge in [-0.1, -0.05) is 0 Å². The molecule has 0 aliphatic heterocycles. The smallest absolute Gasteiger partial charge is 0.307 e. The number of pyridine rings is 1. The number of halogens is 2. The number of hydrogen-bond acceptors (Lipinski definition) is 4. The van der Waals surface area contributed by atoms with Gasteiger partial charge in [-0.15, -0.1) is 0 Å². The van der Waals surface area contributed by atoms with Gasteiger partial charge in [-0.25, -0.2) is 23.7 Å². The van der Waals surface area contributed by atoms with Gasteiger partial charge in [-0.05, 0) is 55.9 Å². The van der Waals surface area contributed by atoms with Crippen LogP contribution in [0.25, 0.3) is 22.4 Å². The normalized spacial score (nSPS) is 26.1. The zero-order valence-corrected chi connectivity index (χ0v) is 15.6. The Labute approximate surface area is 165 Å². The summed E-state index contributed by atoms with van der Waals surface area (Å²) in [7, 11) is 0. The van der Waals surface area contributed by atoms with Crippen molar-refractivity contribution in [3.05, 3.63) is 42.0 Å². The molecule has 3 aliphatic rings. The summed E-state index contributed by atoms with van der Waals surface area (Å²) in [6.45, 7) is 0. The van der Waals surface area contributed by atoms with E-state index in [1.54, 1.807) is 6.20 Å². The Kier molecular flexibility index (Phi) is 4.29. The Morgan fingerprint density at radius 2 is 1.90 bits per heavy atom. The number of aromatic amines is 1. The number of hydrogen-bond donors (Lipinski definition) is 2. The first-order chi connectivity index (χ1) is 14.0. The molecule has 2 bridgehead atoms. The first-order valence-corrected chi connectivity index (χ1v) is 9.88. The minimum absolute atomic E-state index is 0.126. The maximum Gasteiger partial charge on any atom is 0.307 e. The van der Waals surface area contributed by atoms with Crippen LogP contribution in [0.4, 0.5) is 8.78 Å². The molecule has 6 nitrogen and oxygen atoms in total. The molecule has 3 aromatic heterocycles. The van der Waals surface area contributed by atoms with Crippen LogP contribution in [0.15, 0.2) is 24.7 Å². The molecule has 3 aromatic rings. The Bertz CT molecular complexity index is 1090. The molecule has 0 unspecified atom stereocenters. The molecule has 0 spiro atoms. The van der Waals surface area contributed by atoms with Crippen LogP contribution < -0.4 is 0 Å². The highest BCUT2D eigenvalue weighted by atomic mass is 19.1. The van der Waals surface area contributed by atoms with E-state index < -0.39 is 23.5 Å². The number of carbonyl (C=O) groups is 1. The van der Waals surface area contributed by atoms with Gasteiger partial charge in [-0.3, -0.25) is 4.79 Å². The molecule has 3 saturated carbocycles. The SMILES string of the molecule is O=C(O)[C@H]1C2CCC(CC2)[C@@H]1Cc1nc(-c2c[nH]c3ncc(F)cc23)ncc1F. The highest BCUT2D eigenvalue weighted by Crippen LogP contribution is 2.50. The van der Waals surface area contributed by atoms with E-state index in [-0.39, 0.29) is 35.7 Å². The second-order valence-corrected chi connectivity index (χ2v) is 8.15. The minimum atomic E-state index is -0.794. The maximum atomic E-state index is 14.6. The predicted molar refractivity (Wildman–Crippen MR) is 101 cm³/mol. The largest absolute Gasteiger partial charge is 0.481 e. The fourth-order valence-electron chi connectivity index (χ4n) is 5.31. The van der Waals surface area contributed by atoms with E-state index in [0.29, 0.717) is 16.6 Å². The van der Waals surface area contributed by atoms with Gasteiger partial charge < -0.3 is 10.1 Å². The molecule has 3 aliphatic carbocycles. The van der Waals surface area contributed by atoms with Crippen LogP contribution in [0, 0.1) is 35.3 Å². The number of rotatable bonds is 4. The van der Waals surface area contributed by atoms with Crippen molar-refractivity contribution in [2.45, 2.75) is 32.1 Å². The number of aliphatic carboxylic acids is 1. The van der Waals surface area contributed by atoms with Crippen LogP contribution in [0.1, 0.15) is 31.4 Å². The third-order valence-corrected chi connectivity index (χ3v) is 6.66. The van der Waals surface area contributed by atoms with Gasteiger partial charge in [0.2, 0.25) is 0 Å². The van der Waals surface area contributed by atoms with Crippen molar-refractivity contribution in [3.63, 3.8) is 0 Å². The monoisotopic (exact) mass is 398 g/mol. The van der Waals surface area contributed by atoms with Crippen molar-refractivity contribution in [2.75, 3.05) is 0 Å². The van der Waals surface area contributed by atoms with Crippen molar-refractivity contribution in [2.24, 2.45) is 23.7 Å². The molecule has 0 amide bonds. The van der Waals surface area contributed by atoms with Crippen LogP contribution >= 0.6 is 0 Å². The summed E-state index contributed by atoms with van der Waals surface area (Å²) >= 11 is 0. The molecule has 2 atom stereocenters. The summed E-state index contributed by atoms with van der Waals surface area (Å²) in [6, 6.07) is 1.33. The van der Waals surface area contributed by atoms with E-state index in [1.165, 1.54) is 6.07 Å². The van der Waals surface area contributed by atoms with Gasteiger partial charge in [0.1, 0.15) is 11.5 Å². The second kappa shape index (κ2) is 6.86. The lowest BCUT2D eigenvalue weighted by atomic mass is 9.57. The third kappa shape index (κ3) is 3.07. The van der Waals surface area contributed by atoms with Crippen molar-refractivity contribution in [3.8, 4) is 11.4 Å². The van der Waals surface area contributed by atoms with Gasteiger partial charge >= 0.3 is 5.97 Å². The van der Waals surface area contributed by atoms with Crippen molar-refractivity contribution < 1.29 is 18.7 Å². The Morgan fingerprint density at radius 3 is 2.66 bits per heavy atom. The number of carboxylic acids is 1. The fraction of sp³-hybridized carbons (Fsp3) is 0.429. The summed E-state index contributed by atoms with van der Waals surface area (Å²) in [4.78, 5) is 27.3. The van der Waals surface area contributed by atoms with Gasteiger partial charge in [-0.2, -0.15) is 0 Å². The Morgan fingerprint density at radius 1 is 1.14 bits per heavy atom. The number of H-pyrrole nitrogens is 1. The standard InChI is InChI=1S/C21H20F2N4O2/c22-12-5-14-15(8-25-19(14)24-7-12)20-26-9-16(23)17(27-20)6-13-10-1-3-11(4-2-10)18(13)21(28)29/h5,7-11,13,18H,1-4,6H2,(H,24,25)(H,28,29)/t10?,11?,13-,18-/m0/s1. The van der Waals surface area contributed by atoms with E-state index in [0.717, 1.165) is 38.1 Å². The number of nitrogens with zero attached hydrogens (tertiary/aromatic N) is 3. The first kappa shape index (κ1) is 18.1. The molecule has 3 heterocycles. The van der Waals surface area contributed by atoms with E-state index >= 15 is 0 Å². The average molecular weight is 398 g/mol. The molecule has 150 valence electrons. The lowest BCUT2D eigenvalue weighted by molar-refractivity contribution is -0.152. The summed E-state index contributed by atoms with van der Waals surface area (Å²) < 4.78 is 28.2. The van der Waals surface area contributed by atoms with Crippen molar-refractivity contribution in [1.29, 1.82) is 0 Å². The molecule has 0 saturated heterocycles. The molecular formula is C21H20F2N4O2. The van der Waals surface area contributed by atoms with E-state index in [2.05, 4.69) is 19.9 Å². The minimum Gasteiger partial charge on any atom is -0.481 e. The van der Waals surface area contributed by atoms with Gasteiger partial charge in [0.05, 0.1) is 24.0 Å². The van der Waals surface area contributed by atoms with E-state index in [4.69, 9.17) is 0 Å². The van der Waals surface area contributed by atoms with Crippen molar-refractivity contribution >= 4 is 17.0 Å². The molecule has 6 rings (SSSR count). The number of fused-ring (bicyclic) bond motifs is 4. The summed E-state index contributed by atoms with van der Waals surface area (Å²) in [5.74, 6) is -1.68. The second-order valence-electron chi connectivity index (χ2n) is 8.15. The summed E-state index contributed by atoms with van der Waals surface area (Å²) in [6.07, 6.45) is 7.97. The maximum absolute atomic E-state index is 14.6. The quantitative estimate of drug-likeness (QED) is 0.694. The van der Waals surface area contributed by atoms with Gasteiger partial charge in [0, 0.05) is 17.1 Å².